The van der Waals surface area contributed by atoms with E-state index in [1.807, 2.05) is 0 Å². The number of amides is 2. The predicted molar refractivity (Wildman–Crippen MR) is 53.0 cm³/mol. The Bertz CT molecular complexity index is 349. The Hall–Kier alpha value is -1.52. The molecule has 0 aromatic carbocycles. The van der Waals surface area contributed by atoms with Crippen LogP contribution >= 0.6 is 0 Å². The largest absolute Gasteiger partial charge is 0.466 e. The van der Waals surface area contributed by atoms with Crippen molar-refractivity contribution in [3.63, 3.8) is 0 Å². The van der Waals surface area contributed by atoms with E-state index in [1.165, 1.54) is 7.11 Å². The monoisotopic (exact) mass is 210 g/mol. The zero-order valence-corrected chi connectivity index (χ0v) is 8.87. The standard InChI is InChI=1S/C10H14N2O3/c1-6-8(9(13)15-2)7-4-3-5-12(7)10(14)11-6/h6H,3-5H2,1-2H3,(H,11,14)/t6-/m1/s1. The number of hydrogen-bond acceptors (Lipinski definition) is 3. The summed E-state index contributed by atoms with van der Waals surface area (Å²) in [6.07, 6.45) is 1.69. The van der Waals surface area contributed by atoms with Crippen molar-refractivity contribution in [1.82, 2.24) is 10.2 Å². The molecule has 2 aliphatic rings. The fraction of sp³-hybridized carbons (Fsp3) is 0.600. The van der Waals surface area contributed by atoms with E-state index in [-0.39, 0.29) is 18.0 Å². The summed E-state index contributed by atoms with van der Waals surface area (Å²) in [5, 5.41) is 2.74. The van der Waals surface area contributed by atoms with Gasteiger partial charge in [-0.25, -0.2) is 9.59 Å². The lowest BCUT2D eigenvalue weighted by molar-refractivity contribution is -0.136. The van der Waals surface area contributed by atoms with Crippen LogP contribution in [0.2, 0.25) is 0 Å². The first-order chi connectivity index (χ1) is 7.15. The molecule has 0 unspecified atom stereocenters. The molecule has 1 atom stereocenters. The van der Waals surface area contributed by atoms with Crippen LogP contribution in [0.15, 0.2) is 11.3 Å². The molecular weight excluding hydrogens is 196 g/mol. The first-order valence-corrected chi connectivity index (χ1v) is 5.04. The van der Waals surface area contributed by atoms with Crippen molar-refractivity contribution in [2.24, 2.45) is 0 Å². The molecular formula is C10H14N2O3. The number of ether oxygens (including phenoxy) is 1. The predicted octanol–water partition coefficient (Wildman–Crippen LogP) is 0.621. The molecule has 0 bridgehead atoms. The molecule has 0 aromatic rings. The molecule has 0 aromatic heterocycles. The van der Waals surface area contributed by atoms with E-state index in [0.717, 1.165) is 18.5 Å². The minimum atomic E-state index is -0.343. The number of carbonyl (C=O) groups excluding carboxylic acids is 2. The molecule has 1 saturated heterocycles. The van der Waals surface area contributed by atoms with Gasteiger partial charge in [-0.1, -0.05) is 0 Å². The lowest BCUT2D eigenvalue weighted by Crippen LogP contribution is -2.49. The van der Waals surface area contributed by atoms with Gasteiger partial charge in [-0.05, 0) is 19.8 Å². The summed E-state index contributed by atoms with van der Waals surface area (Å²) in [5.74, 6) is -0.343. The van der Waals surface area contributed by atoms with E-state index < -0.39 is 0 Å². The summed E-state index contributed by atoms with van der Waals surface area (Å²) in [4.78, 5) is 24.8. The number of nitrogens with zero attached hydrogens (tertiary/aromatic N) is 1. The number of esters is 1. The van der Waals surface area contributed by atoms with Crippen molar-refractivity contribution in [3.05, 3.63) is 11.3 Å². The number of rotatable bonds is 1. The molecule has 82 valence electrons. The molecule has 1 N–H and O–H groups in total. The number of allylic oxidation sites excluding steroid dienone is 1. The molecule has 0 saturated carbocycles. The van der Waals surface area contributed by atoms with Gasteiger partial charge < -0.3 is 10.1 Å². The van der Waals surface area contributed by atoms with Crippen LogP contribution in [0.5, 0.6) is 0 Å². The Kier molecular flexibility index (Phi) is 2.38. The Labute approximate surface area is 88.1 Å². The molecule has 2 amide bonds. The molecule has 5 heteroatoms. The molecule has 0 spiro atoms. The number of nitrogens with one attached hydrogen (secondary N) is 1. The van der Waals surface area contributed by atoms with E-state index >= 15 is 0 Å². The van der Waals surface area contributed by atoms with Gasteiger partial charge in [-0.2, -0.15) is 0 Å². The normalized spacial score (nSPS) is 25.1. The summed E-state index contributed by atoms with van der Waals surface area (Å²) in [5.41, 5.74) is 1.42. The quantitative estimate of drug-likeness (QED) is 0.645. The van der Waals surface area contributed by atoms with Gasteiger partial charge in [-0.15, -0.1) is 0 Å². The van der Waals surface area contributed by atoms with Crippen LogP contribution in [0.25, 0.3) is 0 Å². The Morgan fingerprint density at radius 3 is 3.00 bits per heavy atom. The lowest BCUT2D eigenvalue weighted by Gasteiger charge is -2.30. The lowest BCUT2D eigenvalue weighted by atomic mass is 10.0. The topological polar surface area (TPSA) is 58.6 Å². The van der Waals surface area contributed by atoms with E-state index in [4.69, 9.17) is 4.74 Å². The summed E-state index contributed by atoms with van der Waals surface area (Å²) >= 11 is 0. The van der Waals surface area contributed by atoms with Gasteiger partial charge in [0, 0.05) is 12.2 Å². The molecule has 2 heterocycles. The summed E-state index contributed by atoms with van der Waals surface area (Å²) in [6, 6.07) is -0.364. The van der Waals surface area contributed by atoms with Crippen LogP contribution in [0.3, 0.4) is 0 Å². The highest BCUT2D eigenvalue weighted by Crippen LogP contribution is 2.29. The van der Waals surface area contributed by atoms with E-state index in [9.17, 15) is 9.59 Å². The van der Waals surface area contributed by atoms with Crippen molar-refractivity contribution in [2.45, 2.75) is 25.8 Å². The average molecular weight is 210 g/mol. The first-order valence-electron chi connectivity index (χ1n) is 5.04. The second kappa shape index (κ2) is 3.56. The fourth-order valence-corrected chi connectivity index (χ4v) is 2.17. The number of hydrogen-bond donors (Lipinski definition) is 1. The second-order valence-corrected chi connectivity index (χ2v) is 3.78. The van der Waals surface area contributed by atoms with Gasteiger partial charge in [0.2, 0.25) is 0 Å². The Morgan fingerprint density at radius 1 is 1.60 bits per heavy atom. The summed E-state index contributed by atoms with van der Waals surface area (Å²) in [6.45, 7) is 2.49. The second-order valence-electron chi connectivity index (χ2n) is 3.78. The number of urea groups is 1. The van der Waals surface area contributed by atoms with Crippen LogP contribution < -0.4 is 5.32 Å². The van der Waals surface area contributed by atoms with Gasteiger partial charge in [0.15, 0.2) is 0 Å². The maximum absolute atomic E-state index is 11.6. The third kappa shape index (κ3) is 1.48. The first kappa shape index (κ1) is 10.0. The van der Waals surface area contributed by atoms with Gasteiger partial charge in [0.05, 0.1) is 18.7 Å². The van der Waals surface area contributed by atoms with Crippen molar-refractivity contribution in [1.29, 1.82) is 0 Å². The van der Waals surface area contributed by atoms with Crippen molar-refractivity contribution in [3.8, 4) is 0 Å². The van der Waals surface area contributed by atoms with Gasteiger partial charge >= 0.3 is 12.0 Å². The summed E-state index contributed by atoms with van der Waals surface area (Å²) < 4.78 is 4.73. The zero-order valence-electron chi connectivity index (χ0n) is 8.87. The van der Waals surface area contributed by atoms with E-state index in [1.54, 1.807) is 11.8 Å². The molecule has 2 aliphatic heterocycles. The molecule has 5 nitrogen and oxygen atoms in total. The average Bonchev–Trinajstić information content (AvgIpc) is 2.66. The highest BCUT2D eigenvalue weighted by Gasteiger charge is 2.36. The Balaban J connectivity index is 2.42. The maximum Gasteiger partial charge on any atom is 0.337 e. The van der Waals surface area contributed by atoms with Crippen molar-refractivity contribution < 1.29 is 14.3 Å². The van der Waals surface area contributed by atoms with Crippen molar-refractivity contribution >= 4 is 12.0 Å². The number of fused-ring (bicyclic) bond motifs is 1. The minimum absolute atomic E-state index is 0.109. The molecule has 0 aliphatic carbocycles. The van der Waals surface area contributed by atoms with E-state index in [2.05, 4.69) is 5.32 Å². The SMILES string of the molecule is COC(=O)C1=C2CCCN2C(=O)N[C@@H]1C. The third-order valence-corrected chi connectivity index (χ3v) is 2.86. The van der Waals surface area contributed by atoms with Crippen LogP contribution in [0, 0.1) is 0 Å². The van der Waals surface area contributed by atoms with Crippen molar-refractivity contribution in [2.75, 3.05) is 13.7 Å². The Morgan fingerprint density at radius 2 is 2.33 bits per heavy atom. The van der Waals surface area contributed by atoms with Gasteiger partial charge in [-0.3, -0.25) is 4.90 Å². The van der Waals surface area contributed by atoms with Crippen LogP contribution in [-0.2, 0) is 9.53 Å². The van der Waals surface area contributed by atoms with Crippen LogP contribution in [-0.4, -0.2) is 36.6 Å². The van der Waals surface area contributed by atoms with Gasteiger partial charge in [0.25, 0.3) is 0 Å². The zero-order chi connectivity index (χ0) is 11.0. The highest BCUT2D eigenvalue weighted by molar-refractivity contribution is 5.94. The number of carbonyl (C=O) groups is 2. The highest BCUT2D eigenvalue weighted by atomic mass is 16.5. The minimum Gasteiger partial charge on any atom is -0.466 e. The molecule has 15 heavy (non-hydrogen) atoms. The molecule has 0 radical (unpaired) electrons. The van der Waals surface area contributed by atoms with Crippen LogP contribution in [0.1, 0.15) is 19.8 Å². The molecule has 2 rings (SSSR count). The summed E-state index contributed by atoms with van der Waals surface area (Å²) in [7, 11) is 1.36. The smallest absolute Gasteiger partial charge is 0.337 e. The van der Waals surface area contributed by atoms with Crippen LogP contribution in [0.4, 0.5) is 4.79 Å². The maximum atomic E-state index is 11.6. The third-order valence-electron chi connectivity index (χ3n) is 2.86. The van der Waals surface area contributed by atoms with Gasteiger partial charge in [0.1, 0.15) is 0 Å². The number of methoxy groups -OCH3 is 1. The van der Waals surface area contributed by atoms with E-state index in [0.29, 0.717) is 12.1 Å². The fourth-order valence-electron chi connectivity index (χ4n) is 2.17. The molecule has 1 fully saturated rings.